The van der Waals surface area contributed by atoms with E-state index in [0.717, 1.165) is 23.3 Å². The molecule has 0 saturated carbocycles. The minimum atomic E-state index is -0.857. The number of methoxy groups -OCH3 is 1. The third kappa shape index (κ3) is 8.07. The van der Waals surface area contributed by atoms with Crippen molar-refractivity contribution in [3.05, 3.63) is 89.5 Å². The van der Waals surface area contributed by atoms with E-state index in [1.54, 1.807) is 30.2 Å². The molecular weight excluding hydrogens is 506 g/mol. The van der Waals surface area contributed by atoms with Gasteiger partial charge in [-0.15, -0.1) is 0 Å². The summed E-state index contributed by atoms with van der Waals surface area (Å²) in [6.45, 7) is 5.26. The maximum Gasteiger partial charge on any atom is 0.251 e. The van der Waals surface area contributed by atoms with Gasteiger partial charge in [0.15, 0.2) is 0 Å². The van der Waals surface area contributed by atoms with E-state index in [1.807, 2.05) is 68.4 Å². The van der Waals surface area contributed by atoms with Crippen molar-refractivity contribution in [2.75, 3.05) is 25.1 Å². The van der Waals surface area contributed by atoms with Crippen molar-refractivity contribution < 1.29 is 24.2 Å². The Morgan fingerprint density at radius 1 is 1.00 bits per heavy atom. The van der Waals surface area contributed by atoms with Crippen LogP contribution < -0.4 is 25.0 Å². The highest BCUT2D eigenvalue weighted by Crippen LogP contribution is 2.28. The van der Waals surface area contributed by atoms with E-state index in [2.05, 4.69) is 10.6 Å². The first-order valence-electron chi connectivity index (χ1n) is 13.8. The van der Waals surface area contributed by atoms with E-state index in [0.29, 0.717) is 42.9 Å². The van der Waals surface area contributed by atoms with Crippen molar-refractivity contribution >= 4 is 17.5 Å². The summed E-state index contributed by atoms with van der Waals surface area (Å²) in [5.41, 5.74) is 3.05. The van der Waals surface area contributed by atoms with Crippen LogP contribution in [0.4, 0.5) is 5.69 Å². The van der Waals surface area contributed by atoms with Crippen LogP contribution in [-0.4, -0.2) is 55.4 Å². The van der Waals surface area contributed by atoms with Crippen molar-refractivity contribution in [3.8, 4) is 11.5 Å². The van der Waals surface area contributed by atoms with Crippen LogP contribution in [0.15, 0.2) is 72.8 Å². The molecule has 2 amide bonds. The van der Waals surface area contributed by atoms with Gasteiger partial charge in [0.25, 0.3) is 5.91 Å². The second kappa shape index (κ2) is 14.0. The number of benzene rings is 3. The molecule has 0 unspecified atom stereocenters. The van der Waals surface area contributed by atoms with Crippen LogP contribution in [0.25, 0.3) is 0 Å². The van der Waals surface area contributed by atoms with Gasteiger partial charge in [-0.2, -0.15) is 0 Å². The maximum absolute atomic E-state index is 13.6. The van der Waals surface area contributed by atoms with Gasteiger partial charge in [0, 0.05) is 43.4 Å². The first kappa shape index (κ1) is 29.1. The molecular formula is C32H39N3O5. The molecule has 1 aliphatic rings. The minimum absolute atomic E-state index is 0.0348. The minimum Gasteiger partial charge on any atom is -0.497 e. The molecule has 1 saturated heterocycles. The number of aliphatic hydroxyl groups is 1. The van der Waals surface area contributed by atoms with Crippen molar-refractivity contribution in [2.45, 2.75) is 57.9 Å². The molecule has 4 rings (SSSR count). The summed E-state index contributed by atoms with van der Waals surface area (Å²) >= 11 is 0. The molecule has 0 spiro atoms. The highest BCUT2D eigenvalue weighted by Gasteiger charge is 2.26. The van der Waals surface area contributed by atoms with Crippen molar-refractivity contribution in [2.24, 2.45) is 0 Å². The first-order chi connectivity index (χ1) is 19.3. The fourth-order valence-corrected chi connectivity index (χ4v) is 4.82. The van der Waals surface area contributed by atoms with Crippen LogP contribution in [0.3, 0.4) is 0 Å². The lowest BCUT2D eigenvalue weighted by molar-refractivity contribution is -0.117. The Morgan fingerprint density at radius 2 is 1.77 bits per heavy atom. The van der Waals surface area contributed by atoms with Crippen LogP contribution in [0.5, 0.6) is 11.5 Å². The fourth-order valence-electron chi connectivity index (χ4n) is 4.82. The van der Waals surface area contributed by atoms with E-state index >= 15 is 0 Å². The van der Waals surface area contributed by atoms with Crippen LogP contribution in [0.2, 0.25) is 0 Å². The molecule has 3 N–H and O–H groups in total. The van der Waals surface area contributed by atoms with Gasteiger partial charge >= 0.3 is 0 Å². The van der Waals surface area contributed by atoms with Gasteiger partial charge in [-0.25, -0.2) is 0 Å². The highest BCUT2D eigenvalue weighted by atomic mass is 16.5. The van der Waals surface area contributed by atoms with Gasteiger partial charge in [0.1, 0.15) is 11.5 Å². The third-order valence-electron chi connectivity index (χ3n) is 6.81. The number of nitrogens with zero attached hydrogens (tertiary/aromatic N) is 1. The quantitative estimate of drug-likeness (QED) is 0.299. The summed E-state index contributed by atoms with van der Waals surface area (Å²) < 4.78 is 11.2. The second-order valence-corrected chi connectivity index (χ2v) is 10.4. The molecule has 1 heterocycles. The fraction of sp³-hybridized carbons (Fsp3) is 0.375. The Kier molecular flexibility index (Phi) is 10.2. The van der Waals surface area contributed by atoms with Crippen LogP contribution >= 0.6 is 0 Å². The van der Waals surface area contributed by atoms with Crippen molar-refractivity contribution in [3.63, 3.8) is 0 Å². The molecule has 3 aromatic rings. The van der Waals surface area contributed by atoms with Gasteiger partial charge in [-0.3, -0.25) is 9.59 Å². The molecule has 0 aromatic heterocycles. The zero-order chi connectivity index (χ0) is 28.5. The summed E-state index contributed by atoms with van der Waals surface area (Å²) in [6.07, 6.45) is 0.774. The molecule has 212 valence electrons. The second-order valence-electron chi connectivity index (χ2n) is 10.4. The van der Waals surface area contributed by atoms with Gasteiger partial charge in [0.05, 0.1) is 25.4 Å². The molecule has 3 aromatic carbocycles. The molecule has 2 atom stereocenters. The summed E-state index contributed by atoms with van der Waals surface area (Å²) in [6, 6.07) is 22.2. The van der Waals surface area contributed by atoms with Crippen LogP contribution in [-0.2, 0) is 17.8 Å². The topological polar surface area (TPSA) is 100 Å². The number of carbonyl (C=O) groups is 2. The smallest absolute Gasteiger partial charge is 0.251 e. The summed E-state index contributed by atoms with van der Waals surface area (Å²) in [4.78, 5) is 27.7. The highest BCUT2D eigenvalue weighted by molar-refractivity contribution is 5.99. The molecule has 0 aliphatic carbocycles. The molecule has 8 heteroatoms. The molecule has 40 heavy (non-hydrogen) atoms. The average Bonchev–Trinajstić information content (AvgIpc) is 3.38. The number of nitrogens with one attached hydrogen (secondary N) is 2. The lowest BCUT2D eigenvalue weighted by Gasteiger charge is -2.26. The Bertz CT molecular complexity index is 1280. The Morgan fingerprint density at radius 3 is 2.48 bits per heavy atom. The van der Waals surface area contributed by atoms with E-state index in [4.69, 9.17) is 9.47 Å². The van der Waals surface area contributed by atoms with Gasteiger partial charge in [-0.1, -0.05) is 42.5 Å². The number of hydrogen-bond acceptors (Lipinski definition) is 6. The maximum atomic E-state index is 13.6. The van der Waals surface area contributed by atoms with Crippen molar-refractivity contribution in [1.29, 1.82) is 0 Å². The number of amides is 2. The van der Waals surface area contributed by atoms with Crippen LogP contribution in [0, 0.1) is 0 Å². The van der Waals surface area contributed by atoms with Gasteiger partial charge < -0.3 is 30.1 Å². The molecule has 1 fully saturated rings. The molecule has 8 nitrogen and oxygen atoms in total. The largest absolute Gasteiger partial charge is 0.497 e. The monoisotopic (exact) mass is 545 g/mol. The number of ether oxygens (including phenoxy) is 2. The number of aliphatic hydroxyl groups excluding tert-OH is 1. The number of hydrogen-bond donors (Lipinski definition) is 3. The Balaban J connectivity index is 1.51. The number of anilines is 1. The van der Waals surface area contributed by atoms with Crippen molar-refractivity contribution in [1.82, 2.24) is 10.6 Å². The summed E-state index contributed by atoms with van der Waals surface area (Å²) in [7, 11) is 1.63. The molecule has 0 bridgehead atoms. The normalized spacial score (nSPS) is 14.7. The lowest BCUT2D eigenvalue weighted by atomic mass is 10.00. The summed E-state index contributed by atoms with van der Waals surface area (Å²) in [5.74, 6) is 0.993. The van der Waals surface area contributed by atoms with E-state index in [-0.39, 0.29) is 24.5 Å². The lowest BCUT2D eigenvalue weighted by Crippen LogP contribution is -2.48. The number of carbonyl (C=O) groups excluding carboxylic acids is 2. The Hall–Kier alpha value is -3.88. The summed E-state index contributed by atoms with van der Waals surface area (Å²) in [5, 5.41) is 17.5. The third-order valence-corrected chi connectivity index (χ3v) is 6.81. The zero-order valence-electron chi connectivity index (χ0n) is 23.4. The Labute approximate surface area is 236 Å². The van der Waals surface area contributed by atoms with E-state index in [9.17, 15) is 14.7 Å². The van der Waals surface area contributed by atoms with E-state index < -0.39 is 12.1 Å². The average molecular weight is 546 g/mol. The predicted octanol–water partition coefficient (Wildman–Crippen LogP) is 4.10. The molecule has 1 aliphatic heterocycles. The standard InChI is InChI=1S/C32H39N3O5/c1-22(2)40-28-18-25(17-26(19-28)35-14-8-13-31(35)37)32(38)34-29(16-23-9-5-4-6-10-23)30(36)21-33-20-24-11-7-12-27(15-24)39-3/h4-7,9-12,15,17-19,22,29-30,33,36H,8,13-14,16,20-21H2,1-3H3,(H,34,38)/t29-,30+/m0/s1. The SMILES string of the molecule is COc1cccc(CNC[C@@H](O)[C@H](Cc2ccccc2)NC(=O)c2cc(OC(C)C)cc(N3CCCC3=O)c2)c1. The zero-order valence-corrected chi connectivity index (χ0v) is 23.4. The molecule has 0 radical (unpaired) electrons. The first-order valence-corrected chi connectivity index (χ1v) is 13.8. The van der Waals surface area contributed by atoms with Crippen LogP contribution in [0.1, 0.15) is 48.2 Å². The van der Waals surface area contributed by atoms with Gasteiger partial charge in [-0.05, 0) is 62.1 Å². The predicted molar refractivity (Wildman–Crippen MR) is 156 cm³/mol. The number of rotatable bonds is 13. The van der Waals surface area contributed by atoms with E-state index in [1.165, 1.54) is 0 Å². The van der Waals surface area contributed by atoms with Gasteiger partial charge in [0.2, 0.25) is 5.91 Å².